The minimum Gasteiger partial charge on any atom is -0.508 e. The highest BCUT2D eigenvalue weighted by Gasteiger charge is 2.22. The lowest BCUT2D eigenvalue weighted by Crippen LogP contribution is -2.43. The van der Waals surface area contributed by atoms with Gasteiger partial charge in [0, 0.05) is 4.90 Å². The minimum atomic E-state index is -0.608. The molecule has 2 N–H and O–H groups in total. The van der Waals surface area contributed by atoms with Crippen LogP contribution in [0.15, 0.2) is 29.2 Å². The van der Waals surface area contributed by atoms with E-state index in [-0.39, 0.29) is 23.3 Å². The Balaban J connectivity index is 2.49. The lowest BCUT2D eigenvalue weighted by atomic mass is 10.0. The maximum absolute atomic E-state index is 11.9. The summed E-state index contributed by atoms with van der Waals surface area (Å²) < 4.78 is 4.70. The van der Waals surface area contributed by atoms with Gasteiger partial charge in [-0.3, -0.25) is 4.79 Å². The summed E-state index contributed by atoms with van der Waals surface area (Å²) in [6, 6.07) is 5.99. The van der Waals surface area contributed by atoms with E-state index >= 15 is 0 Å². The lowest BCUT2D eigenvalue weighted by molar-refractivity contribution is -0.145. The number of ether oxygens (including phenoxy) is 1. The number of hydrogen-bond acceptors (Lipinski definition) is 5. The highest BCUT2D eigenvalue weighted by atomic mass is 32.2. The molecule has 0 fully saturated rings. The van der Waals surface area contributed by atoms with Crippen LogP contribution in [0.25, 0.3) is 0 Å². The van der Waals surface area contributed by atoms with Crippen molar-refractivity contribution in [3.05, 3.63) is 24.3 Å². The molecule has 0 aromatic heterocycles. The van der Waals surface area contributed by atoms with Gasteiger partial charge < -0.3 is 15.2 Å². The molecule has 1 aromatic carbocycles. The Bertz CT molecular complexity index is 473. The van der Waals surface area contributed by atoms with Crippen molar-refractivity contribution in [3.8, 4) is 5.75 Å². The zero-order valence-corrected chi connectivity index (χ0v) is 13.3. The largest absolute Gasteiger partial charge is 0.508 e. The quantitative estimate of drug-likeness (QED) is 0.596. The molecule has 21 heavy (non-hydrogen) atoms. The average Bonchev–Trinajstić information content (AvgIpc) is 2.44. The predicted octanol–water partition coefficient (Wildman–Crippen LogP) is 2.19. The molecule has 0 saturated heterocycles. The molecule has 0 spiro atoms. The Morgan fingerprint density at radius 2 is 1.90 bits per heavy atom. The Kier molecular flexibility index (Phi) is 7.08. The molecule has 0 aliphatic rings. The molecule has 5 nitrogen and oxygen atoms in total. The second-order valence-electron chi connectivity index (χ2n) is 5.06. The number of aromatic hydroxyl groups is 1. The second kappa shape index (κ2) is 8.56. The van der Waals surface area contributed by atoms with Crippen molar-refractivity contribution in [1.29, 1.82) is 0 Å². The molecule has 0 bridgehead atoms. The molecular formula is C15H21NO4S. The molecule has 1 aromatic rings. The van der Waals surface area contributed by atoms with E-state index in [1.54, 1.807) is 24.3 Å². The molecule has 1 unspecified atom stereocenters. The summed E-state index contributed by atoms with van der Waals surface area (Å²) >= 11 is 1.34. The van der Waals surface area contributed by atoms with E-state index in [0.29, 0.717) is 6.42 Å². The molecule has 116 valence electrons. The maximum Gasteiger partial charge on any atom is 0.328 e. The first kappa shape index (κ1) is 17.4. The first-order chi connectivity index (χ1) is 9.92. The molecule has 0 saturated carbocycles. The van der Waals surface area contributed by atoms with Crippen LogP contribution in [0.5, 0.6) is 5.75 Å². The van der Waals surface area contributed by atoms with Crippen LogP contribution in [-0.2, 0) is 14.3 Å². The third kappa shape index (κ3) is 6.53. The summed E-state index contributed by atoms with van der Waals surface area (Å²) in [6.45, 7) is 3.96. The summed E-state index contributed by atoms with van der Waals surface area (Å²) in [5.74, 6) is 0.0255. The van der Waals surface area contributed by atoms with Crippen LogP contribution in [0, 0.1) is 5.92 Å². The number of amides is 1. The Hall–Kier alpha value is -1.69. The normalized spacial score (nSPS) is 12.0. The van der Waals surface area contributed by atoms with Gasteiger partial charge in [-0.2, -0.15) is 0 Å². The fourth-order valence-corrected chi connectivity index (χ4v) is 2.46. The van der Waals surface area contributed by atoms with E-state index in [2.05, 4.69) is 5.32 Å². The number of hydrogen-bond donors (Lipinski definition) is 2. The molecule has 6 heteroatoms. The molecule has 0 aliphatic carbocycles. The number of rotatable bonds is 7. The molecule has 0 aliphatic heterocycles. The molecule has 1 atom stereocenters. The van der Waals surface area contributed by atoms with E-state index in [0.717, 1.165) is 4.90 Å². The van der Waals surface area contributed by atoms with Gasteiger partial charge in [0.1, 0.15) is 11.8 Å². The van der Waals surface area contributed by atoms with Crippen molar-refractivity contribution in [3.63, 3.8) is 0 Å². The fourth-order valence-electron chi connectivity index (χ4n) is 1.75. The summed E-state index contributed by atoms with van der Waals surface area (Å²) in [5, 5.41) is 11.9. The summed E-state index contributed by atoms with van der Waals surface area (Å²) in [7, 11) is 1.31. The number of nitrogens with one attached hydrogen (secondary N) is 1. The van der Waals surface area contributed by atoms with Crippen molar-refractivity contribution in [2.24, 2.45) is 5.92 Å². The average molecular weight is 311 g/mol. The standard InChI is InChI=1S/C15H21NO4S/c1-10(2)8-13(15(19)20-3)16-14(18)9-21-12-6-4-11(17)5-7-12/h4-7,10,13,17H,8-9H2,1-3H3,(H,16,18). The van der Waals surface area contributed by atoms with Crippen LogP contribution in [0.2, 0.25) is 0 Å². The Labute approximate surface area is 129 Å². The van der Waals surface area contributed by atoms with Crippen molar-refractivity contribution >= 4 is 23.6 Å². The monoisotopic (exact) mass is 311 g/mol. The van der Waals surface area contributed by atoms with Gasteiger partial charge in [-0.05, 0) is 36.6 Å². The number of phenolic OH excluding ortho intramolecular Hbond substituents is 1. The first-order valence-electron chi connectivity index (χ1n) is 6.71. The Morgan fingerprint density at radius 3 is 2.43 bits per heavy atom. The van der Waals surface area contributed by atoms with Crippen LogP contribution in [0.1, 0.15) is 20.3 Å². The molecule has 1 amide bonds. The van der Waals surface area contributed by atoms with Gasteiger partial charge in [-0.1, -0.05) is 13.8 Å². The number of benzene rings is 1. The van der Waals surface area contributed by atoms with Crippen LogP contribution < -0.4 is 5.32 Å². The predicted molar refractivity (Wildman–Crippen MR) is 82.2 cm³/mol. The number of esters is 1. The van der Waals surface area contributed by atoms with E-state index in [9.17, 15) is 14.7 Å². The summed E-state index contributed by atoms with van der Waals surface area (Å²) in [5.41, 5.74) is 0. The van der Waals surface area contributed by atoms with E-state index in [1.165, 1.54) is 18.9 Å². The van der Waals surface area contributed by atoms with E-state index in [4.69, 9.17) is 4.74 Å². The minimum absolute atomic E-state index is 0.187. The second-order valence-corrected chi connectivity index (χ2v) is 6.10. The zero-order valence-electron chi connectivity index (χ0n) is 12.5. The van der Waals surface area contributed by atoms with Crippen LogP contribution >= 0.6 is 11.8 Å². The SMILES string of the molecule is COC(=O)C(CC(C)C)NC(=O)CSc1ccc(O)cc1. The van der Waals surface area contributed by atoms with E-state index in [1.807, 2.05) is 13.8 Å². The number of methoxy groups -OCH3 is 1. The van der Waals surface area contributed by atoms with Gasteiger partial charge in [-0.25, -0.2) is 4.79 Å². The van der Waals surface area contributed by atoms with Gasteiger partial charge in [-0.15, -0.1) is 11.8 Å². The van der Waals surface area contributed by atoms with Gasteiger partial charge in [0.05, 0.1) is 12.9 Å². The maximum atomic E-state index is 11.9. The first-order valence-corrected chi connectivity index (χ1v) is 7.70. The van der Waals surface area contributed by atoms with Gasteiger partial charge in [0.25, 0.3) is 0 Å². The summed E-state index contributed by atoms with van der Waals surface area (Å²) in [4.78, 5) is 24.4. The smallest absolute Gasteiger partial charge is 0.328 e. The van der Waals surface area contributed by atoms with Crippen molar-refractivity contribution in [2.45, 2.75) is 31.2 Å². The molecule has 1 rings (SSSR count). The molecule has 0 heterocycles. The number of carbonyl (C=O) groups is 2. The van der Waals surface area contributed by atoms with Crippen LogP contribution in [-0.4, -0.2) is 35.9 Å². The molecule has 0 radical (unpaired) electrons. The van der Waals surface area contributed by atoms with Crippen LogP contribution in [0.4, 0.5) is 0 Å². The van der Waals surface area contributed by atoms with Gasteiger partial charge in [0.15, 0.2) is 0 Å². The fraction of sp³-hybridized carbons (Fsp3) is 0.467. The zero-order chi connectivity index (χ0) is 15.8. The van der Waals surface area contributed by atoms with Crippen LogP contribution in [0.3, 0.4) is 0 Å². The van der Waals surface area contributed by atoms with Crippen molar-refractivity contribution in [1.82, 2.24) is 5.32 Å². The third-order valence-corrected chi connectivity index (χ3v) is 3.75. The van der Waals surface area contributed by atoms with Crippen molar-refractivity contribution < 1.29 is 19.4 Å². The highest BCUT2D eigenvalue weighted by molar-refractivity contribution is 8.00. The Morgan fingerprint density at radius 1 is 1.29 bits per heavy atom. The van der Waals surface area contributed by atoms with Gasteiger partial charge in [0.2, 0.25) is 5.91 Å². The number of phenols is 1. The number of thioether (sulfide) groups is 1. The van der Waals surface area contributed by atoms with Crippen molar-refractivity contribution in [2.75, 3.05) is 12.9 Å². The topological polar surface area (TPSA) is 75.6 Å². The number of carbonyl (C=O) groups excluding carboxylic acids is 2. The lowest BCUT2D eigenvalue weighted by Gasteiger charge is -2.18. The van der Waals surface area contributed by atoms with Gasteiger partial charge >= 0.3 is 5.97 Å². The molecular weight excluding hydrogens is 290 g/mol. The third-order valence-electron chi connectivity index (χ3n) is 2.73. The highest BCUT2D eigenvalue weighted by Crippen LogP contribution is 2.20. The van der Waals surface area contributed by atoms with E-state index < -0.39 is 12.0 Å². The summed E-state index contributed by atoms with van der Waals surface area (Å²) in [6.07, 6.45) is 0.544.